The van der Waals surface area contributed by atoms with Crippen molar-refractivity contribution in [3.63, 3.8) is 0 Å². The topological polar surface area (TPSA) is 38.1 Å². The second kappa shape index (κ2) is 3.96. The van der Waals surface area contributed by atoms with Crippen LogP contribution in [0.5, 0.6) is 0 Å². The molecule has 0 saturated carbocycles. The van der Waals surface area contributed by atoms with E-state index in [-0.39, 0.29) is 0 Å². The van der Waals surface area contributed by atoms with E-state index in [1.807, 2.05) is 37.3 Å². The van der Waals surface area contributed by atoms with Gasteiger partial charge in [0.1, 0.15) is 17.3 Å². The lowest BCUT2D eigenvalue weighted by Gasteiger charge is -2.01. The summed E-state index contributed by atoms with van der Waals surface area (Å²) in [5.74, 6) is 2.72. The fourth-order valence-electron chi connectivity index (χ4n) is 1.23. The van der Waals surface area contributed by atoms with Crippen LogP contribution in [-0.4, -0.2) is 4.98 Å². The van der Waals surface area contributed by atoms with E-state index in [1.54, 1.807) is 6.20 Å². The minimum atomic E-state index is 0.671. The van der Waals surface area contributed by atoms with E-state index in [9.17, 15) is 0 Å². The molecule has 2 aromatic rings. The lowest BCUT2D eigenvalue weighted by atomic mass is 10.4. The Morgan fingerprint density at radius 2 is 2.21 bits per heavy atom. The summed E-state index contributed by atoms with van der Waals surface area (Å²) in [5.41, 5.74) is 0. The first-order valence-electron chi connectivity index (χ1n) is 4.55. The second-order valence-electron chi connectivity index (χ2n) is 3.08. The van der Waals surface area contributed by atoms with Crippen LogP contribution >= 0.6 is 0 Å². The molecule has 0 bridgehead atoms. The van der Waals surface area contributed by atoms with Crippen LogP contribution in [0.15, 0.2) is 40.9 Å². The van der Waals surface area contributed by atoms with Gasteiger partial charge in [0.05, 0.1) is 6.54 Å². The molecule has 0 aliphatic carbocycles. The zero-order chi connectivity index (χ0) is 9.80. The summed E-state index contributed by atoms with van der Waals surface area (Å²) in [5, 5.41) is 3.17. The normalized spacial score (nSPS) is 10.1. The molecular weight excluding hydrogens is 176 g/mol. The SMILES string of the molecule is Cc1ccc(CNc2ccccn2)o1. The van der Waals surface area contributed by atoms with Gasteiger partial charge in [-0.3, -0.25) is 0 Å². The monoisotopic (exact) mass is 188 g/mol. The van der Waals surface area contributed by atoms with Crippen molar-refractivity contribution >= 4 is 5.82 Å². The molecule has 0 radical (unpaired) electrons. The maximum atomic E-state index is 5.41. The Balaban J connectivity index is 1.95. The molecule has 0 spiro atoms. The number of rotatable bonds is 3. The lowest BCUT2D eigenvalue weighted by molar-refractivity contribution is 0.490. The van der Waals surface area contributed by atoms with E-state index < -0.39 is 0 Å². The third kappa shape index (κ3) is 2.13. The molecule has 2 heterocycles. The van der Waals surface area contributed by atoms with Gasteiger partial charge < -0.3 is 9.73 Å². The molecule has 0 aromatic carbocycles. The Hall–Kier alpha value is -1.77. The van der Waals surface area contributed by atoms with Crippen LogP contribution < -0.4 is 5.32 Å². The van der Waals surface area contributed by atoms with Gasteiger partial charge in [0.25, 0.3) is 0 Å². The van der Waals surface area contributed by atoms with E-state index in [2.05, 4.69) is 10.3 Å². The number of hydrogen-bond donors (Lipinski definition) is 1. The summed E-state index contributed by atoms with van der Waals surface area (Å²) in [4.78, 5) is 4.15. The molecule has 14 heavy (non-hydrogen) atoms. The molecule has 0 fully saturated rings. The van der Waals surface area contributed by atoms with Crippen molar-refractivity contribution in [3.05, 3.63) is 48.0 Å². The van der Waals surface area contributed by atoms with Crippen LogP contribution in [0.25, 0.3) is 0 Å². The van der Waals surface area contributed by atoms with Gasteiger partial charge in [0.15, 0.2) is 0 Å². The highest BCUT2D eigenvalue weighted by atomic mass is 16.3. The van der Waals surface area contributed by atoms with Crippen molar-refractivity contribution < 1.29 is 4.42 Å². The number of hydrogen-bond acceptors (Lipinski definition) is 3. The van der Waals surface area contributed by atoms with E-state index in [4.69, 9.17) is 4.42 Å². The van der Waals surface area contributed by atoms with Gasteiger partial charge >= 0.3 is 0 Å². The van der Waals surface area contributed by atoms with Crippen molar-refractivity contribution in [2.75, 3.05) is 5.32 Å². The molecule has 2 aromatic heterocycles. The van der Waals surface area contributed by atoms with Crippen LogP contribution in [0.2, 0.25) is 0 Å². The van der Waals surface area contributed by atoms with Gasteiger partial charge in [-0.2, -0.15) is 0 Å². The molecule has 3 heteroatoms. The predicted molar refractivity (Wildman–Crippen MR) is 55.0 cm³/mol. The Morgan fingerprint density at radius 1 is 1.29 bits per heavy atom. The third-order valence-corrected chi connectivity index (χ3v) is 1.90. The Labute approximate surface area is 82.8 Å². The van der Waals surface area contributed by atoms with Gasteiger partial charge in [-0.1, -0.05) is 6.07 Å². The lowest BCUT2D eigenvalue weighted by Crippen LogP contribution is -1.99. The zero-order valence-corrected chi connectivity index (χ0v) is 8.03. The van der Waals surface area contributed by atoms with Crippen molar-refractivity contribution in [2.24, 2.45) is 0 Å². The largest absolute Gasteiger partial charge is 0.465 e. The summed E-state index contributed by atoms with van der Waals surface area (Å²) >= 11 is 0. The number of aryl methyl sites for hydroxylation is 1. The first-order chi connectivity index (χ1) is 6.84. The molecule has 3 nitrogen and oxygen atoms in total. The minimum absolute atomic E-state index is 0.671. The summed E-state index contributed by atoms with van der Waals surface area (Å²) in [6.07, 6.45) is 1.76. The van der Waals surface area contributed by atoms with Crippen LogP contribution in [0.3, 0.4) is 0 Å². The molecule has 0 atom stereocenters. The Morgan fingerprint density at radius 3 is 2.86 bits per heavy atom. The van der Waals surface area contributed by atoms with Crippen molar-refractivity contribution in [2.45, 2.75) is 13.5 Å². The quantitative estimate of drug-likeness (QED) is 0.804. The molecule has 0 aliphatic heterocycles. The Bertz CT molecular complexity index is 395. The maximum Gasteiger partial charge on any atom is 0.126 e. The fourth-order valence-corrected chi connectivity index (χ4v) is 1.23. The molecule has 1 N–H and O–H groups in total. The summed E-state index contributed by atoms with van der Waals surface area (Å²) in [7, 11) is 0. The van der Waals surface area contributed by atoms with Crippen molar-refractivity contribution in [1.82, 2.24) is 4.98 Å². The van der Waals surface area contributed by atoms with Crippen LogP contribution in [0, 0.1) is 6.92 Å². The van der Waals surface area contributed by atoms with E-state index in [1.165, 1.54) is 0 Å². The number of nitrogens with one attached hydrogen (secondary N) is 1. The standard InChI is InChI=1S/C11H12N2O/c1-9-5-6-10(14-9)8-13-11-4-2-3-7-12-11/h2-7H,8H2,1H3,(H,12,13). The number of aromatic nitrogens is 1. The summed E-state index contributed by atoms with van der Waals surface area (Å²) < 4.78 is 5.41. The van der Waals surface area contributed by atoms with Crippen molar-refractivity contribution in [3.8, 4) is 0 Å². The Kier molecular flexibility index (Phi) is 2.49. The molecule has 0 saturated heterocycles. The van der Waals surface area contributed by atoms with Gasteiger partial charge in [0.2, 0.25) is 0 Å². The van der Waals surface area contributed by atoms with Gasteiger partial charge in [-0.05, 0) is 31.2 Å². The van der Waals surface area contributed by atoms with Crippen LogP contribution in [-0.2, 0) is 6.54 Å². The van der Waals surface area contributed by atoms with E-state index >= 15 is 0 Å². The van der Waals surface area contributed by atoms with Crippen molar-refractivity contribution in [1.29, 1.82) is 0 Å². The summed E-state index contributed by atoms with van der Waals surface area (Å²) in [6.45, 7) is 2.61. The van der Waals surface area contributed by atoms with E-state index in [0.717, 1.165) is 17.3 Å². The molecule has 2 rings (SSSR count). The first kappa shape index (κ1) is 8.81. The number of furan rings is 1. The molecule has 0 unspecified atom stereocenters. The highest BCUT2D eigenvalue weighted by Gasteiger charge is 1.97. The number of pyridine rings is 1. The van der Waals surface area contributed by atoms with Gasteiger partial charge in [0, 0.05) is 6.20 Å². The minimum Gasteiger partial charge on any atom is -0.465 e. The van der Waals surface area contributed by atoms with E-state index in [0.29, 0.717) is 6.54 Å². The third-order valence-electron chi connectivity index (χ3n) is 1.90. The average molecular weight is 188 g/mol. The zero-order valence-electron chi connectivity index (χ0n) is 8.03. The second-order valence-corrected chi connectivity index (χ2v) is 3.08. The molecular formula is C11H12N2O. The maximum absolute atomic E-state index is 5.41. The number of anilines is 1. The summed E-state index contributed by atoms with van der Waals surface area (Å²) in [6, 6.07) is 9.68. The highest BCUT2D eigenvalue weighted by molar-refractivity contribution is 5.33. The van der Waals surface area contributed by atoms with Gasteiger partial charge in [-0.25, -0.2) is 4.98 Å². The molecule has 0 amide bonds. The fraction of sp³-hybridized carbons (Fsp3) is 0.182. The first-order valence-corrected chi connectivity index (χ1v) is 4.55. The number of nitrogens with zero attached hydrogens (tertiary/aromatic N) is 1. The predicted octanol–water partition coefficient (Wildman–Crippen LogP) is 2.60. The average Bonchev–Trinajstić information content (AvgIpc) is 2.63. The van der Waals surface area contributed by atoms with Crippen LogP contribution in [0.1, 0.15) is 11.5 Å². The smallest absolute Gasteiger partial charge is 0.126 e. The molecule has 72 valence electrons. The van der Waals surface area contributed by atoms with Crippen LogP contribution in [0.4, 0.5) is 5.82 Å². The highest BCUT2D eigenvalue weighted by Crippen LogP contribution is 2.08. The molecule has 0 aliphatic rings. The van der Waals surface area contributed by atoms with Gasteiger partial charge in [-0.15, -0.1) is 0 Å².